The van der Waals surface area contributed by atoms with Crippen LogP contribution in [0.15, 0.2) is 54.7 Å². The van der Waals surface area contributed by atoms with E-state index in [1.807, 2.05) is 36.5 Å². The minimum atomic E-state index is 0.780. The van der Waals surface area contributed by atoms with Crippen LogP contribution >= 0.6 is 0 Å². The van der Waals surface area contributed by atoms with Crippen LogP contribution in [-0.2, 0) is 26.1 Å². The summed E-state index contributed by atoms with van der Waals surface area (Å²) in [6, 6.07) is 16.9. The fourth-order valence-corrected chi connectivity index (χ4v) is 3.33. The van der Waals surface area contributed by atoms with E-state index in [0.717, 1.165) is 44.0 Å². The van der Waals surface area contributed by atoms with Gasteiger partial charge in [-0.25, -0.2) is 0 Å². The largest absolute Gasteiger partial charge is 0.312 e. The van der Waals surface area contributed by atoms with Crippen LogP contribution < -0.4 is 5.32 Å². The van der Waals surface area contributed by atoms with Gasteiger partial charge in [0.25, 0.3) is 0 Å². The summed E-state index contributed by atoms with van der Waals surface area (Å²) in [5, 5.41) is 12.4. The van der Waals surface area contributed by atoms with Crippen LogP contribution in [-0.4, -0.2) is 33.5 Å². The van der Waals surface area contributed by atoms with Gasteiger partial charge in [-0.3, -0.25) is 4.90 Å². The van der Waals surface area contributed by atoms with E-state index in [-0.39, 0.29) is 0 Å². The van der Waals surface area contributed by atoms with E-state index in [9.17, 15) is 0 Å². The van der Waals surface area contributed by atoms with Crippen molar-refractivity contribution in [2.45, 2.75) is 26.1 Å². The zero-order valence-electron chi connectivity index (χ0n) is 14.5. The van der Waals surface area contributed by atoms with Crippen molar-refractivity contribution in [3.8, 4) is 5.69 Å². The first kappa shape index (κ1) is 16.0. The summed E-state index contributed by atoms with van der Waals surface area (Å²) in [5.74, 6) is 0. The molecule has 5 nitrogen and oxygen atoms in total. The van der Waals surface area contributed by atoms with E-state index in [0.29, 0.717) is 0 Å². The molecule has 0 radical (unpaired) electrons. The predicted octanol–water partition coefficient (Wildman–Crippen LogP) is 2.55. The molecular formula is C20H23N5. The molecule has 0 fully saturated rings. The smallest absolute Gasteiger partial charge is 0.0971 e. The summed E-state index contributed by atoms with van der Waals surface area (Å²) in [7, 11) is 2.12. The van der Waals surface area contributed by atoms with Crippen LogP contribution in [0.1, 0.15) is 22.4 Å². The molecule has 0 amide bonds. The summed E-state index contributed by atoms with van der Waals surface area (Å²) < 4.78 is 0. The van der Waals surface area contributed by atoms with Crippen molar-refractivity contribution in [2.24, 2.45) is 0 Å². The summed E-state index contributed by atoms with van der Waals surface area (Å²) in [4.78, 5) is 3.96. The lowest BCUT2D eigenvalue weighted by molar-refractivity contribution is 0.314. The van der Waals surface area contributed by atoms with Crippen molar-refractivity contribution < 1.29 is 0 Å². The van der Waals surface area contributed by atoms with Gasteiger partial charge in [0, 0.05) is 19.6 Å². The maximum Gasteiger partial charge on any atom is 0.0971 e. The van der Waals surface area contributed by atoms with Crippen LogP contribution in [0.4, 0.5) is 0 Å². The van der Waals surface area contributed by atoms with E-state index in [4.69, 9.17) is 0 Å². The Morgan fingerprint density at radius 3 is 2.84 bits per heavy atom. The van der Waals surface area contributed by atoms with E-state index in [1.54, 1.807) is 4.80 Å². The molecule has 0 aliphatic carbocycles. The highest BCUT2D eigenvalue weighted by Crippen LogP contribution is 2.17. The number of rotatable bonds is 5. The average molecular weight is 333 g/mol. The molecule has 0 unspecified atom stereocenters. The normalized spacial score (nSPS) is 13.8. The molecule has 0 spiro atoms. The lowest BCUT2D eigenvalue weighted by atomic mass is 9.98. The molecule has 2 aromatic carbocycles. The fourth-order valence-electron chi connectivity index (χ4n) is 3.33. The van der Waals surface area contributed by atoms with E-state index < -0.39 is 0 Å². The highest BCUT2D eigenvalue weighted by molar-refractivity contribution is 5.33. The van der Waals surface area contributed by atoms with Crippen LogP contribution in [0.5, 0.6) is 0 Å². The first-order valence-electron chi connectivity index (χ1n) is 8.74. The molecule has 0 atom stereocenters. The van der Waals surface area contributed by atoms with Crippen LogP contribution in [0.3, 0.4) is 0 Å². The van der Waals surface area contributed by atoms with Gasteiger partial charge in [-0.05, 0) is 48.8 Å². The SMILES string of the molecule is CN(Cc1ccc2c(c1)CNCC2)Cc1cnn(-c2ccccc2)n1. The number of nitrogens with zero attached hydrogens (tertiary/aromatic N) is 4. The summed E-state index contributed by atoms with van der Waals surface area (Å²) in [5.41, 5.74) is 6.23. The lowest BCUT2D eigenvalue weighted by Gasteiger charge is -2.20. The number of fused-ring (bicyclic) bond motifs is 1. The van der Waals surface area contributed by atoms with Gasteiger partial charge in [0.05, 0.1) is 17.6 Å². The standard InChI is InChI=1S/C20H23N5/c1-24(14-16-7-8-17-9-10-21-12-18(17)11-16)15-19-13-22-25(23-19)20-5-3-2-4-6-20/h2-8,11,13,21H,9-10,12,14-15H2,1H3. The maximum atomic E-state index is 4.59. The second-order valence-electron chi connectivity index (χ2n) is 6.66. The molecule has 2 heterocycles. The Morgan fingerprint density at radius 1 is 1.08 bits per heavy atom. The fraction of sp³-hybridized carbons (Fsp3) is 0.300. The molecular weight excluding hydrogens is 310 g/mol. The van der Waals surface area contributed by atoms with Crippen molar-refractivity contribution in [3.63, 3.8) is 0 Å². The Labute approximate surface area is 148 Å². The number of aromatic nitrogens is 3. The number of hydrogen-bond donors (Lipinski definition) is 1. The number of benzene rings is 2. The highest BCUT2D eigenvalue weighted by Gasteiger charge is 2.11. The van der Waals surface area contributed by atoms with Gasteiger partial charge < -0.3 is 5.32 Å². The molecule has 128 valence electrons. The first-order valence-corrected chi connectivity index (χ1v) is 8.74. The monoisotopic (exact) mass is 333 g/mol. The number of nitrogens with one attached hydrogen (secondary N) is 1. The number of para-hydroxylation sites is 1. The third-order valence-electron chi connectivity index (χ3n) is 4.57. The van der Waals surface area contributed by atoms with Crippen molar-refractivity contribution in [1.29, 1.82) is 0 Å². The zero-order valence-corrected chi connectivity index (χ0v) is 14.5. The molecule has 4 rings (SSSR count). The van der Waals surface area contributed by atoms with Crippen molar-refractivity contribution >= 4 is 0 Å². The second kappa shape index (κ2) is 7.17. The van der Waals surface area contributed by atoms with Gasteiger partial charge in [0.1, 0.15) is 0 Å². The first-order chi connectivity index (χ1) is 12.3. The average Bonchev–Trinajstić information content (AvgIpc) is 3.10. The van der Waals surface area contributed by atoms with Gasteiger partial charge in [0.2, 0.25) is 0 Å². The molecule has 1 aliphatic rings. The van der Waals surface area contributed by atoms with Crippen molar-refractivity contribution in [1.82, 2.24) is 25.2 Å². The topological polar surface area (TPSA) is 46.0 Å². The van der Waals surface area contributed by atoms with Gasteiger partial charge in [-0.2, -0.15) is 15.0 Å². The van der Waals surface area contributed by atoms with Gasteiger partial charge in [-0.15, -0.1) is 0 Å². The Hall–Kier alpha value is -2.50. The van der Waals surface area contributed by atoms with E-state index in [2.05, 4.69) is 45.7 Å². The van der Waals surface area contributed by atoms with Crippen LogP contribution in [0.25, 0.3) is 5.69 Å². The number of hydrogen-bond acceptors (Lipinski definition) is 4. The lowest BCUT2D eigenvalue weighted by Crippen LogP contribution is -2.24. The maximum absolute atomic E-state index is 4.59. The second-order valence-corrected chi connectivity index (χ2v) is 6.66. The minimum Gasteiger partial charge on any atom is -0.312 e. The summed E-state index contributed by atoms with van der Waals surface area (Å²) >= 11 is 0. The summed E-state index contributed by atoms with van der Waals surface area (Å²) in [6.07, 6.45) is 2.98. The van der Waals surface area contributed by atoms with E-state index in [1.165, 1.54) is 16.7 Å². The zero-order chi connectivity index (χ0) is 17.1. The molecule has 0 saturated heterocycles. The van der Waals surface area contributed by atoms with Crippen molar-refractivity contribution in [2.75, 3.05) is 13.6 Å². The molecule has 0 saturated carbocycles. The third-order valence-corrected chi connectivity index (χ3v) is 4.57. The van der Waals surface area contributed by atoms with Crippen LogP contribution in [0, 0.1) is 0 Å². The van der Waals surface area contributed by atoms with Gasteiger partial charge in [0.15, 0.2) is 0 Å². The minimum absolute atomic E-state index is 0.780. The Morgan fingerprint density at radius 2 is 1.96 bits per heavy atom. The van der Waals surface area contributed by atoms with Gasteiger partial charge >= 0.3 is 0 Å². The molecule has 5 heteroatoms. The third kappa shape index (κ3) is 3.78. The highest BCUT2D eigenvalue weighted by atomic mass is 15.5. The molecule has 25 heavy (non-hydrogen) atoms. The van der Waals surface area contributed by atoms with Crippen LogP contribution in [0.2, 0.25) is 0 Å². The molecule has 1 N–H and O–H groups in total. The van der Waals surface area contributed by atoms with Crippen molar-refractivity contribution in [3.05, 3.63) is 77.1 Å². The van der Waals surface area contributed by atoms with E-state index >= 15 is 0 Å². The Kier molecular flexibility index (Phi) is 4.59. The predicted molar refractivity (Wildman–Crippen MR) is 98.4 cm³/mol. The molecule has 1 aromatic heterocycles. The quantitative estimate of drug-likeness (QED) is 0.779. The summed E-state index contributed by atoms with van der Waals surface area (Å²) in [6.45, 7) is 3.76. The Balaban J connectivity index is 1.41. The molecule has 0 bridgehead atoms. The molecule has 3 aromatic rings. The van der Waals surface area contributed by atoms with Gasteiger partial charge in [-0.1, -0.05) is 36.4 Å². The Bertz CT molecular complexity index is 840. The molecule has 1 aliphatic heterocycles.